The molecule has 70 valence electrons. The summed E-state index contributed by atoms with van der Waals surface area (Å²) in [5.74, 6) is 1.62. The molecule has 3 heteroatoms. The van der Waals surface area contributed by atoms with Gasteiger partial charge in [-0.05, 0) is 25.8 Å². The van der Waals surface area contributed by atoms with Crippen molar-refractivity contribution in [3.8, 4) is 0 Å². The molecule has 2 fully saturated rings. The van der Waals surface area contributed by atoms with Crippen LogP contribution in [-0.4, -0.2) is 54.4 Å². The van der Waals surface area contributed by atoms with Gasteiger partial charge in [0, 0.05) is 26.2 Å². The summed E-state index contributed by atoms with van der Waals surface area (Å²) < 4.78 is 0. The molecule has 0 aliphatic carbocycles. The smallest absolute Gasteiger partial charge is 0.104 e. The summed E-state index contributed by atoms with van der Waals surface area (Å²) in [6.45, 7) is 6.48. The summed E-state index contributed by atoms with van der Waals surface area (Å²) in [6.07, 6.45) is -0.249. The van der Waals surface area contributed by atoms with Gasteiger partial charge in [0.1, 0.15) is 6.23 Å². The first-order valence-corrected chi connectivity index (χ1v) is 4.77. The van der Waals surface area contributed by atoms with Crippen molar-refractivity contribution in [1.29, 1.82) is 0 Å². The molecule has 0 aromatic heterocycles. The molecule has 0 aromatic carbocycles. The average molecular weight is 170 g/mol. The first kappa shape index (κ1) is 8.48. The summed E-state index contributed by atoms with van der Waals surface area (Å²) in [7, 11) is 2.19. The topological polar surface area (TPSA) is 26.7 Å². The van der Waals surface area contributed by atoms with E-state index in [1.54, 1.807) is 0 Å². The fourth-order valence-electron chi connectivity index (χ4n) is 2.57. The van der Waals surface area contributed by atoms with Gasteiger partial charge in [-0.25, -0.2) is 0 Å². The molecule has 2 rings (SSSR count). The van der Waals surface area contributed by atoms with Crippen LogP contribution in [0.4, 0.5) is 0 Å². The van der Waals surface area contributed by atoms with E-state index in [0.717, 1.165) is 24.9 Å². The summed E-state index contributed by atoms with van der Waals surface area (Å²) in [5.41, 5.74) is 0. The minimum atomic E-state index is -0.249. The van der Waals surface area contributed by atoms with Gasteiger partial charge in [-0.15, -0.1) is 0 Å². The maximum Gasteiger partial charge on any atom is 0.104 e. The molecular weight excluding hydrogens is 152 g/mol. The molecule has 2 heterocycles. The third-order valence-corrected chi connectivity index (χ3v) is 3.23. The molecule has 0 amide bonds. The van der Waals surface area contributed by atoms with E-state index in [1.807, 2.05) is 6.92 Å². The van der Waals surface area contributed by atoms with Crippen molar-refractivity contribution in [1.82, 2.24) is 9.80 Å². The van der Waals surface area contributed by atoms with Gasteiger partial charge in [0.25, 0.3) is 0 Å². The van der Waals surface area contributed by atoms with Crippen molar-refractivity contribution >= 4 is 0 Å². The van der Waals surface area contributed by atoms with Crippen molar-refractivity contribution < 1.29 is 5.11 Å². The summed E-state index contributed by atoms with van der Waals surface area (Å²) in [4.78, 5) is 4.58. The zero-order valence-corrected chi connectivity index (χ0v) is 7.90. The van der Waals surface area contributed by atoms with Gasteiger partial charge in [-0.3, -0.25) is 4.90 Å². The van der Waals surface area contributed by atoms with E-state index in [-0.39, 0.29) is 6.23 Å². The standard InChI is InChI=1S/C9H18N2O/c1-7(12)11-5-8-3-10(2)4-9(8)6-11/h7-9,12H,3-6H2,1-2H3. The molecule has 12 heavy (non-hydrogen) atoms. The van der Waals surface area contributed by atoms with Crippen LogP contribution >= 0.6 is 0 Å². The highest BCUT2D eigenvalue weighted by atomic mass is 16.3. The van der Waals surface area contributed by atoms with Crippen LogP contribution in [0.5, 0.6) is 0 Å². The Bertz CT molecular complexity index is 158. The molecule has 2 aliphatic rings. The predicted octanol–water partition coefficient (Wildman–Crippen LogP) is -0.182. The maximum absolute atomic E-state index is 9.39. The molecule has 0 radical (unpaired) electrons. The summed E-state index contributed by atoms with van der Waals surface area (Å²) in [6, 6.07) is 0. The number of hydrogen-bond donors (Lipinski definition) is 1. The lowest BCUT2D eigenvalue weighted by Gasteiger charge is -2.21. The number of fused-ring (bicyclic) bond motifs is 1. The fraction of sp³-hybridized carbons (Fsp3) is 1.00. The second-order valence-corrected chi connectivity index (χ2v) is 4.33. The Balaban J connectivity index is 1.93. The zero-order chi connectivity index (χ0) is 8.72. The maximum atomic E-state index is 9.39. The molecule has 1 N–H and O–H groups in total. The number of aliphatic hydroxyl groups is 1. The third-order valence-electron chi connectivity index (χ3n) is 3.23. The number of nitrogens with zero attached hydrogens (tertiary/aromatic N) is 2. The van der Waals surface area contributed by atoms with Crippen molar-refractivity contribution in [2.45, 2.75) is 13.2 Å². The van der Waals surface area contributed by atoms with E-state index in [4.69, 9.17) is 0 Å². The van der Waals surface area contributed by atoms with Crippen LogP contribution in [0.15, 0.2) is 0 Å². The van der Waals surface area contributed by atoms with Crippen molar-refractivity contribution in [3.05, 3.63) is 0 Å². The van der Waals surface area contributed by atoms with Crippen LogP contribution in [0.3, 0.4) is 0 Å². The van der Waals surface area contributed by atoms with Gasteiger partial charge in [0.2, 0.25) is 0 Å². The molecule has 2 saturated heterocycles. The highest BCUT2D eigenvalue weighted by Gasteiger charge is 2.39. The SMILES string of the molecule is CC(O)N1CC2CN(C)CC2C1. The molecule has 3 unspecified atom stereocenters. The molecular formula is C9H18N2O. The Labute approximate surface area is 74.0 Å². The highest BCUT2D eigenvalue weighted by molar-refractivity contribution is 4.91. The highest BCUT2D eigenvalue weighted by Crippen LogP contribution is 2.30. The Morgan fingerprint density at radius 3 is 2.08 bits per heavy atom. The van der Waals surface area contributed by atoms with Crippen molar-refractivity contribution in [3.63, 3.8) is 0 Å². The first-order chi connectivity index (χ1) is 5.66. The number of hydrogen-bond acceptors (Lipinski definition) is 3. The average Bonchev–Trinajstić information content (AvgIpc) is 2.42. The van der Waals surface area contributed by atoms with Gasteiger partial charge < -0.3 is 10.0 Å². The Kier molecular flexibility index (Phi) is 2.10. The second kappa shape index (κ2) is 2.98. The van der Waals surface area contributed by atoms with Crippen molar-refractivity contribution in [2.75, 3.05) is 33.2 Å². The summed E-state index contributed by atoms with van der Waals surface area (Å²) in [5, 5.41) is 9.39. The van der Waals surface area contributed by atoms with Crippen LogP contribution in [0.25, 0.3) is 0 Å². The second-order valence-electron chi connectivity index (χ2n) is 4.33. The molecule has 2 aliphatic heterocycles. The molecule has 0 spiro atoms. The van der Waals surface area contributed by atoms with Gasteiger partial charge >= 0.3 is 0 Å². The summed E-state index contributed by atoms with van der Waals surface area (Å²) >= 11 is 0. The van der Waals surface area contributed by atoms with Gasteiger partial charge in [-0.1, -0.05) is 0 Å². The molecule has 0 saturated carbocycles. The fourth-order valence-corrected chi connectivity index (χ4v) is 2.57. The quantitative estimate of drug-likeness (QED) is 0.591. The van der Waals surface area contributed by atoms with E-state index in [2.05, 4.69) is 16.8 Å². The van der Waals surface area contributed by atoms with Crippen LogP contribution in [0.2, 0.25) is 0 Å². The lowest BCUT2D eigenvalue weighted by atomic mass is 10.0. The van der Waals surface area contributed by atoms with Crippen LogP contribution in [-0.2, 0) is 0 Å². The Morgan fingerprint density at radius 1 is 1.17 bits per heavy atom. The zero-order valence-electron chi connectivity index (χ0n) is 7.90. The van der Waals surface area contributed by atoms with Gasteiger partial charge in [0.15, 0.2) is 0 Å². The number of aliphatic hydroxyl groups excluding tert-OH is 1. The Hall–Kier alpha value is -0.120. The van der Waals surface area contributed by atoms with E-state index in [1.165, 1.54) is 13.1 Å². The van der Waals surface area contributed by atoms with Crippen molar-refractivity contribution in [2.24, 2.45) is 11.8 Å². The largest absolute Gasteiger partial charge is 0.379 e. The van der Waals surface area contributed by atoms with Gasteiger partial charge in [0.05, 0.1) is 0 Å². The van der Waals surface area contributed by atoms with Crippen LogP contribution in [0.1, 0.15) is 6.92 Å². The number of rotatable bonds is 1. The van der Waals surface area contributed by atoms with Gasteiger partial charge in [-0.2, -0.15) is 0 Å². The van der Waals surface area contributed by atoms with Crippen LogP contribution in [0, 0.1) is 11.8 Å². The van der Waals surface area contributed by atoms with E-state index in [9.17, 15) is 5.11 Å². The minimum Gasteiger partial charge on any atom is -0.379 e. The normalized spacial score (nSPS) is 40.2. The van der Waals surface area contributed by atoms with Crippen LogP contribution < -0.4 is 0 Å². The monoisotopic (exact) mass is 170 g/mol. The van der Waals surface area contributed by atoms with E-state index in [0.29, 0.717) is 0 Å². The molecule has 0 aromatic rings. The Morgan fingerprint density at radius 2 is 1.67 bits per heavy atom. The molecule has 3 atom stereocenters. The minimum absolute atomic E-state index is 0.249. The third kappa shape index (κ3) is 1.37. The number of likely N-dealkylation sites (tertiary alicyclic amines) is 2. The molecule has 0 bridgehead atoms. The first-order valence-electron chi connectivity index (χ1n) is 4.77. The van der Waals surface area contributed by atoms with E-state index < -0.39 is 0 Å². The molecule has 3 nitrogen and oxygen atoms in total. The predicted molar refractivity (Wildman–Crippen MR) is 47.7 cm³/mol. The lowest BCUT2D eigenvalue weighted by Crippen LogP contribution is -2.33. The van der Waals surface area contributed by atoms with E-state index >= 15 is 0 Å². The lowest BCUT2D eigenvalue weighted by molar-refractivity contribution is 0.0290.